The Balaban J connectivity index is 2.13. The van der Waals surface area contributed by atoms with E-state index in [0.717, 1.165) is 51.4 Å². The Morgan fingerprint density at radius 1 is 1.00 bits per heavy atom. The standard InChI is InChI=1S/C16H28O3/c1-16(19,13-10-6-3-7-11-13)14(15(17)18)12-8-4-2-5-9-12/h12-14,19H,2-11H2,1H3,(H,17,18). The van der Waals surface area contributed by atoms with Gasteiger partial charge in [-0.05, 0) is 44.4 Å². The van der Waals surface area contributed by atoms with Gasteiger partial charge in [-0.3, -0.25) is 4.79 Å². The van der Waals surface area contributed by atoms with Crippen LogP contribution < -0.4 is 0 Å². The van der Waals surface area contributed by atoms with Gasteiger partial charge in [0.2, 0.25) is 0 Å². The molecule has 2 atom stereocenters. The van der Waals surface area contributed by atoms with Crippen molar-refractivity contribution in [2.45, 2.75) is 76.7 Å². The topological polar surface area (TPSA) is 57.5 Å². The minimum Gasteiger partial charge on any atom is -0.481 e. The molecule has 0 amide bonds. The van der Waals surface area contributed by atoms with E-state index in [0.29, 0.717) is 0 Å². The van der Waals surface area contributed by atoms with E-state index >= 15 is 0 Å². The Hall–Kier alpha value is -0.570. The first-order valence-electron chi connectivity index (χ1n) is 7.98. The van der Waals surface area contributed by atoms with Crippen molar-refractivity contribution < 1.29 is 15.0 Å². The van der Waals surface area contributed by atoms with E-state index in [9.17, 15) is 15.0 Å². The predicted molar refractivity (Wildman–Crippen MR) is 74.9 cm³/mol. The number of aliphatic carboxylic acids is 1. The molecule has 0 spiro atoms. The molecule has 2 rings (SSSR count). The van der Waals surface area contributed by atoms with Crippen molar-refractivity contribution in [1.29, 1.82) is 0 Å². The molecule has 2 saturated carbocycles. The van der Waals surface area contributed by atoms with Crippen LogP contribution in [0, 0.1) is 17.8 Å². The summed E-state index contributed by atoms with van der Waals surface area (Å²) < 4.78 is 0. The van der Waals surface area contributed by atoms with E-state index in [1.165, 1.54) is 12.8 Å². The zero-order chi connectivity index (χ0) is 13.9. The molecule has 0 aromatic carbocycles. The van der Waals surface area contributed by atoms with Gasteiger partial charge in [0.25, 0.3) is 0 Å². The van der Waals surface area contributed by atoms with Gasteiger partial charge in [0.1, 0.15) is 0 Å². The molecule has 2 fully saturated rings. The second-order valence-corrected chi connectivity index (χ2v) is 6.77. The highest BCUT2D eigenvalue weighted by Gasteiger charge is 2.47. The summed E-state index contributed by atoms with van der Waals surface area (Å²) in [4.78, 5) is 11.7. The van der Waals surface area contributed by atoms with Crippen LogP contribution in [-0.2, 0) is 4.79 Å². The van der Waals surface area contributed by atoms with Crippen LogP contribution in [0.4, 0.5) is 0 Å². The fourth-order valence-corrected chi connectivity index (χ4v) is 4.34. The number of carbonyl (C=O) groups is 1. The Morgan fingerprint density at radius 2 is 1.47 bits per heavy atom. The molecule has 2 aliphatic carbocycles. The third kappa shape index (κ3) is 3.31. The van der Waals surface area contributed by atoms with Gasteiger partial charge in [-0.1, -0.05) is 38.5 Å². The summed E-state index contributed by atoms with van der Waals surface area (Å²) in [6, 6.07) is 0. The van der Waals surface area contributed by atoms with Crippen molar-refractivity contribution in [3.05, 3.63) is 0 Å². The number of hydrogen-bond acceptors (Lipinski definition) is 2. The van der Waals surface area contributed by atoms with Crippen molar-refractivity contribution in [1.82, 2.24) is 0 Å². The zero-order valence-corrected chi connectivity index (χ0v) is 12.1. The maximum atomic E-state index is 11.7. The van der Waals surface area contributed by atoms with Gasteiger partial charge >= 0.3 is 5.97 Å². The Bertz CT molecular complexity index is 299. The number of carboxylic acid groups (broad SMARTS) is 1. The number of aliphatic hydroxyl groups is 1. The summed E-state index contributed by atoms with van der Waals surface area (Å²) in [5.74, 6) is -1.02. The molecular formula is C16H28O3. The van der Waals surface area contributed by atoms with Crippen molar-refractivity contribution in [2.24, 2.45) is 17.8 Å². The van der Waals surface area contributed by atoms with Gasteiger partial charge in [-0.25, -0.2) is 0 Å². The number of hydrogen-bond donors (Lipinski definition) is 2. The van der Waals surface area contributed by atoms with Crippen LogP contribution >= 0.6 is 0 Å². The average Bonchev–Trinajstić information content (AvgIpc) is 2.40. The lowest BCUT2D eigenvalue weighted by molar-refractivity contribution is -0.163. The van der Waals surface area contributed by atoms with Crippen LogP contribution in [-0.4, -0.2) is 21.8 Å². The molecule has 2 N–H and O–H groups in total. The predicted octanol–water partition coefficient (Wildman–Crippen LogP) is 3.60. The molecule has 0 aromatic rings. The smallest absolute Gasteiger partial charge is 0.309 e. The third-order valence-corrected chi connectivity index (χ3v) is 5.45. The lowest BCUT2D eigenvalue weighted by Crippen LogP contribution is -2.50. The molecule has 0 radical (unpaired) electrons. The highest BCUT2D eigenvalue weighted by Crippen LogP contribution is 2.43. The third-order valence-electron chi connectivity index (χ3n) is 5.45. The van der Waals surface area contributed by atoms with E-state index < -0.39 is 17.5 Å². The lowest BCUT2D eigenvalue weighted by atomic mass is 9.65. The van der Waals surface area contributed by atoms with E-state index in [-0.39, 0.29) is 11.8 Å². The van der Waals surface area contributed by atoms with E-state index in [2.05, 4.69) is 0 Å². The van der Waals surface area contributed by atoms with Gasteiger partial charge in [0, 0.05) is 0 Å². The Kier molecular flexibility index (Phi) is 4.88. The first-order valence-corrected chi connectivity index (χ1v) is 7.98. The van der Waals surface area contributed by atoms with Crippen LogP contribution in [0.1, 0.15) is 71.1 Å². The SMILES string of the molecule is CC(O)(C1CCCCC1)C(C(=O)O)C1CCCCC1. The molecular weight excluding hydrogens is 240 g/mol. The summed E-state index contributed by atoms with van der Waals surface area (Å²) >= 11 is 0. The van der Waals surface area contributed by atoms with Crippen molar-refractivity contribution in [3.8, 4) is 0 Å². The van der Waals surface area contributed by atoms with E-state index in [1.54, 1.807) is 6.92 Å². The number of rotatable bonds is 4. The molecule has 0 saturated heterocycles. The van der Waals surface area contributed by atoms with Crippen molar-refractivity contribution >= 4 is 5.97 Å². The van der Waals surface area contributed by atoms with Crippen LogP contribution in [0.3, 0.4) is 0 Å². The second-order valence-electron chi connectivity index (χ2n) is 6.77. The van der Waals surface area contributed by atoms with Gasteiger partial charge in [-0.2, -0.15) is 0 Å². The molecule has 2 aliphatic rings. The second kappa shape index (κ2) is 6.25. The zero-order valence-electron chi connectivity index (χ0n) is 12.1. The summed E-state index contributed by atoms with van der Waals surface area (Å²) in [5.41, 5.74) is -1.03. The normalized spacial score (nSPS) is 27.7. The summed E-state index contributed by atoms with van der Waals surface area (Å²) in [6.45, 7) is 1.79. The van der Waals surface area contributed by atoms with Crippen LogP contribution in [0.2, 0.25) is 0 Å². The van der Waals surface area contributed by atoms with Crippen LogP contribution in [0.5, 0.6) is 0 Å². The number of carboxylic acids is 1. The molecule has 110 valence electrons. The molecule has 3 heteroatoms. The molecule has 2 unspecified atom stereocenters. The van der Waals surface area contributed by atoms with E-state index in [1.807, 2.05) is 0 Å². The van der Waals surface area contributed by atoms with Crippen LogP contribution in [0.15, 0.2) is 0 Å². The monoisotopic (exact) mass is 268 g/mol. The van der Waals surface area contributed by atoms with Gasteiger partial charge < -0.3 is 10.2 Å². The minimum absolute atomic E-state index is 0.170. The molecule has 3 nitrogen and oxygen atoms in total. The molecule has 0 bridgehead atoms. The summed E-state index contributed by atoms with van der Waals surface area (Å²) in [6.07, 6.45) is 10.9. The van der Waals surface area contributed by atoms with Crippen LogP contribution in [0.25, 0.3) is 0 Å². The van der Waals surface area contributed by atoms with Crippen molar-refractivity contribution in [3.63, 3.8) is 0 Å². The molecule has 0 heterocycles. The Morgan fingerprint density at radius 3 is 1.95 bits per heavy atom. The quantitative estimate of drug-likeness (QED) is 0.819. The first kappa shape index (κ1) is 14.8. The lowest BCUT2D eigenvalue weighted by Gasteiger charge is -2.43. The average molecular weight is 268 g/mol. The first-order chi connectivity index (χ1) is 9.03. The van der Waals surface area contributed by atoms with Gasteiger partial charge in [0.15, 0.2) is 0 Å². The largest absolute Gasteiger partial charge is 0.481 e. The Labute approximate surface area is 116 Å². The maximum absolute atomic E-state index is 11.7. The molecule has 0 aromatic heterocycles. The summed E-state index contributed by atoms with van der Waals surface area (Å²) in [7, 11) is 0. The highest BCUT2D eigenvalue weighted by molar-refractivity contribution is 5.72. The maximum Gasteiger partial charge on any atom is 0.309 e. The fraction of sp³-hybridized carbons (Fsp3) is 0.938. The molecule has 19 heavy (non-hydrogen) atoms. The van der Waals surface area contributed by atoms with Crippen molar-refractivity contribution in [2.75, 3.05) is 0 Å². The van der Waals surface area contributed by atoms with E-state index in [4.69, 9.17) is 0 Å². The van der Waals surface area contributed by atoms with Gasteiger partial charge in [0.05, 0.1) is 11.5 Å². The van der Waals surface area contributed by atoms with Gasteiger partial charge in [-0.15, -0.1) is 0 Å². The fourth-order valence-electron chi connectivity index (χ4n) is 4.34. The highest BCUT2D eigenvalue weighted by atomic mass is 16.4. The minimum atomic E-state index is -1.03. The molecule has 0 aliphatic heterocycles. The summed E-state index contributed by atoms with van der Waals surface area (Å²) in [5, 5.41) is 20.6.